The molecule has 0 aromatic rings. The molecule has 0 bridgehead atoms. The van der Waals surface area contributed by atoms with Gasteiger partial charge in [0.15, 0.2) is 6.29 Å². The van der Waals surface area contributed by atoms with Crippen LogP contribution in [0, 0.1) is 0 Å². The van der Waals surface area contributed by atoms with Gasteiger partial charge in [-0.3, -0.25) is 0 Å². The molecule has 0 radical (unpaired) electrons. The highest BCUT2D eigenvalue weighted by Gasteiger charge is 2.21. The van der Waals surface area contributed by atoms with Gasteiger partial charge in [-0.05, 0) is 19.8 Å². The van der Waals surface area contributed by atoms with E-state index < -0.39 is 0 Å². The van der Waals surface area contributed by atoms with E-state index in [1.807, 2.05) is 0 Å². The Bertz CT molecular complexity index is 114. The van der Waals surface area contributed by atoms with Gasteiger partial charge in [0.2, 0.25) is 0 Å². The molecule has 1 saturated heterocycles. The van der Waals surface area contributed by atoms with Gasteiger partial charge in [0, 0.05) is 0 Å². The van der Waals surface area contributed by atoms with Crippen LogP contribution in [0.3, 0.4) is 0 Å². The Kier molecular flexibility index (Phi) is 4.62. The van der Waals surface area contributed by atoms with E-state index in [1.54, 1.807) is 0 Å². The molecule has 72 valence electrons. The summed E-state index contributed by atoms with van der Waals surface area (Å²) in [5, 5.41) is 0. The lowest BCUT2D eigenvalue weighted by Gasteiger charge is -2.08. The second-order valence-corrected chi connectivity index (χ2v) is 3.56. The zero-order valence-corrected chi connectivity index (χ0v) is 8.21. The highest BCUT2D eigenvalue weighted by molar-refractivity contribution is 4.59. The third-order valence-electron chi connectivity index (χ3n) is 2.19. The van der Waals surface area contributed by atoms with Crippen LogP contribution in [0.5, 0.6) is 0 Å². The molecular weight excluding hydrogens is 152 g/mol. The van der Waals surface area contributed by atoms with E-state index in [2.05, 4.69) is 13.8 Å². The molecule has 0 amide bonds. The van der Waals surface area contributed by atoms with Crippen LogP contribution in [0.2, 0.25) is 0 Å². The fourth-order valence-corrected chi connectivity index (χ4v) is 1.47. The maximum atomic E-state index is 5.52. The molecule has 1 heterocycles. The van der Waals surface area contributed by atoms with E-state index in [1.165, 1.54) is 25.7 Å². The first-order chi connectivity index (χ1) is 5.83. The third-order valence-corrected chi connectivity index (χ3v) is 2.19. The van der Waals surface area contributed by atoms with E-state index in [9.17, 15) is 0 Å². The quantitative estimate of drug-likeness (QED) is 0.594. The van der Waals surface area contributed by atoms with Crippen molar-refractivity contribution in [2.75, 3.05) is 6.61 Å². The van der Waals surface area contributed by atoms with Gasteiger partial charge in [-0.15, -0.1) is 0 Å². The SMILES string of the molecule is CCCCCCC1OCC(C)O1. The lowest BCUT2D eigenvalue weighted by atomic mass is 10.1. The minimum absolute atomic E-state index is 0.0943. The van der Waals surface area contributed by atoms with Gasteiger partial charge in [-0.25, -0.2) is 0 Å². The molecule has 2 atom stereocenters. The molecular formula is C10H20O2. The molecule has 0 saturated carbocycles. The second kappa shape index (κ2) is 5.55. The van der Waals surface area contributed by atoms with Crippen molar-refractivity contribution in [3.05, 3.63) is 0 Å². The summed E-state index contributed by atoms with van der Waals surface area (Å²) in [5.41, 5.74) is 0. The Hall–Kier alpha value is -0.0800. The predicted molar refractivity (Wildman–Crippen MR) is 49.0 cm³/mol. The molecule has 2 nitrogen and oxygen atoms in total. The molecule has 1 aliphatic rings. The molecule has 1 rings (SSSR count). The van der Waals surface area contributed by atoms with Crippen molar-refractivity contribution < 1.29 is 9.47 Å². The minimum atomic E-state index is 0.0943. The van der Waals surface area contributed by atoms with Crippen molar-refractivity contribution >= 4 is 0 Å². The summed E-state index contributed by atoms with van der Waals surface area (Å²) in [5.74, 6) is 0. The van der Waals surface area contributed by atoms with E-state index in [0.29, 0.717) is 6.10 Å². The Morgan fingerprint density at radius 1 is 1.25 bits per heavy atom. The van der Waals surface area contributed by atoms with Crippen molar-refractivity contribution in [2.24, 2.45) is 0 Å². The first kappa shape index (κ1) is 10.0. The molecule has 2 unspecified atom stereocenters. The standard InChI is InChI=1S/C10H20O2/c1-3-4-5-6-7-10-11-8-9(2)12-10/h9-10H,3-8H2,1-2H3. The average Bonchev–Trinajstić information content (AvgIpc) is 2.45. The van der Waals surface area contributed by atoms with Crippen LogP contribution in [-0.2, 0) is 9.47 Å². The molecule has 2 heteroatoms. The highest BCUT2D eigenvalue weighted by Crippen LogP contribution is 2.16. The van der Waals surface area contributed by atoms with Crippen LogP contribution in [0.25, 0.3) is 0 Å². The van der Waals surface area contributed by atoms with Gasteiger partial charge < -0.3 is 9.47 Å². The summed E-state index contributed by atoms with van der Waals surface area (Å²) in [4.78, 5) is 0. The van der Waals surface area contributed by atoms with Gasteiger partial charge in [0.1, 0.15) is 0 Å². The number of unbranched alkanes of at least 4 members (excludes halogenated alkanes) is 3. The van der Waals surface area contributed by atoms with Gasteiger partial charge >= 0.3 is 0 Å². The maximum Gasteiger partial charge on any atom is 0.158 e. The van der Waals surface area contributed by atoms with Gasteiger partial charge in [-0.1, -0.05) is 26.2 Å². The second-order valence-electron chi connectivity index (χ2n) is 3.56. The van der Waals surface area contributed by atoms with Gasteiger partial charge in [0.25, 0.3) is 0 Å². The highest BCUT2D eigenvalue weighted by atomic mass is 16.7. The van der Waals surface area contributed by atoms with Crippen LogP contribution in [0.4, 0.5) is 0 Å². The average molecular weight is 172 g/mol. The van der Waals surface area contributed by atoms with Gasteiger partial charge in [-0.2, -0.15) is 0 Å². The molecule has 0 spiro atoms. The topological polar surface area (TPSA) is 18.5 Å². The molecule has 0 aromatic carbocycles. The molecule has 0 aromatic heterocycles. The molecule has 12 heavy (non-hydrogen) atoms. The van der Waals surface area contributed by atoms with Crippen LogP contribution in [0.15, 0.2) is 0 Å². The number of rotatable bonds is 5. The summed E-state index contributed by atoms with van der Waals surface area (Å²) < 4.78 is 10.9. The first-order valence-corrected chi connectivity index (χ1v) is 5.10. The van der Waals surface area contributed by atoms with Crippen molar-refractivity contribution in [1.29, 1.82) is 0 Å². The van der Waals surface area contributed by atoms with E-state index >= 15 is 0 Å². The van der Waals surface area contributed by atoms with Crippen LogP contribution in [-0.4, -0.2) is 19.0 Å². The Labute approximate surface area is 75.2 Å². The summed E-state index contributed by atoms with van der Waals surface area (Å²) in [6, 6.07) is 0. The molecule has 1 fully saturated rings. The summed E-state index contributed by atoms with van der Waals surface area (Å²) in [6.45, 7) is 5.06. The first-order valence-electron chi connectivity index (χ1n) is 5.10. The Morgan fingerprint density at radius 2 is 2.08 bits per heavy atom. The molecule has 0 aliphatic carbocycles. The summed E-state index contributed by atoms with van der Waals surface area (Å²) in [7, 11) is 0. The lowest BCUT2D eigenvalue weighted by molar-refractivity contribution is -0.0604. The fourth-order valence-electron chi connectivity index (χ4n) is 1.47. The third kappa shape index (κ3) is 3.55. The zero-order chi connectivity index (χ0) is 8.81. The monoisotopic (exact) mass is 172 g/mol. The van der Waals surface area contributed by atoms with Crippen molar-refractivity contribution in [3.8, 4) is 0 Å². The number of hydrogen-bond donors (Lipinski definition) is 0. The van der Waals surface area contributed by atoms with Crippen molar-refractivity contribution in [3.63, 3.8) is 0 Å². The summed E-state index contributed by atoms with van der Waals surface area (Å²) in [6.07, 6.45) is 6.66. The van der Waals surface area contributed by atoms with Crippen LogP contribution in [0.1, 0.15) is 46.0 Å². The van der Waals surface area contributed by atoms with E-state index in [-0.39, 0.29) is 6.29 Å². The Balaban J connectivity index is 1.93. The minimum Gasteiger partial charge on any atom is -0.350 e. The van der Waals surface area contributed by atoms with Gasteiger partial charge in [0.05, 0.1) is 12.7 Å². The van der Waals surface area contributed by atoms with Crippen molar-refractivity contribution in [2.45, 2.75) is 58.3 Å². The number of hydrogen-bond acceptors (Lipinski definition) is 2. The largest absolute Gasteiger partial charge is 0.350 e. The maximum absolute atomic E-state index is 5.52. The smallest absolute Gasteiger partial charge is 0.158 e. The van der Waals surface area contributed by atoms with E-state index in [4.69, 9.17) is 9.47 Å². The van der Waals surface area contributed by atoms with E-state index in [0.717, 1.165) is 13.0 Å². The molecule has 0 N–H and O–H groups in total. The summed E-state index contributed by atoms with van der Waals surface area (Å²) >= 11 is 0. The molecule has 1 aliphatic heterocycles. The zero-order valence-electron chi connectivity index (χ0n) is 8.21. The van der Waals surface area contributed by atoms with Crippen LogP contribution < -0.4 is 0 Å². The fraction of sp³-hybridized carbons (Fsp3) is 1.00. The normalized spacial score (nSPS) is 29.5. The number of ether oxygens (including phenoxy) is 2. The Morgan fingerprint density at radius 3 is 2.67 bits per heavy atom. The predicted octanol–water partition coefficient (Wildman–Crippen LogP) is 2.72. The van der Waals surface area contributed by atoms with Crippen molar-refractivity contribution in [1.82, 2.24) is 0 Å². The van der Waals surface area contributed by atoms with Crippen LogP contribution >= 0.6 is 0 Å². The lowest BCUT2D eigenvalue weighted by Crippen LogP contribution is -2.08.